The third kappa shape index (κ3) is 1570. The van der Waals surface area contributed by atoms with Gasteiger partial charge in [0.25, 0.3) is 0 Å². The Labute approximate surface area is 130 Å². The SMILES string of the molecule is CC(C)(C)[NH-].CC(C)(C)[NH-].Cl.Cl.[CH3-].[CH3-].[SiH2]=[Ti]. The third-order valence-electron chi connectivity index (χ3n) is 0. The van der Waals surface area contributed by atoms with E-state index in [4.69, 9.17) is 11.5 Å². The summed E-state index contributed by atoms with van der Waals surface area (Å²) in [7, 11) is 1.86. The van der Waals surface area contributed by atoms with Gasteiger partial charge >= 0.3 is 26.8 Å². The molecule has 2 N–H and O–H groups in total. The first-order chi connectivity index (χ1) is 5.00. The van der Waals surface area contributed by atoms with E-state index in [0.29, 0.717) is 0 Å². The standard InChI is InChI=1S/2C4H10N.2CH3.2ClH.H2Si.Ti/c2*1-4(2,3)5;;;;;;/h2*5H,1-3H3;2*1H3;2*1H;1H2;/q4*-1;;;;. The van der Waals surface area contributed by atoms with E-state index >= 15 is 0 Å². The van der Waals surface area contributed by atoms with Gasteiger partial charge in [-0.2, -0.15) is 0 Å². The summed E-state index contributed by atoms with van der Waals surface area (Å²) in [6, 6.07) is 0. The van der Waals surface area contributed by atoms with Crippen LogP contribution in [0.2, 0.25) is 0 Å². The van der Waals surface area contributed by atoms with Crippen molar-refractivity contribution in [2.45, 2.75) is 52.6 Å². The predicted molar refractivity (Wildman–Crippen MR) is 84.0 cm³/mol. The number of hydrogen-bond donors (Lipinski definition) is 0. The molecule has 0 radical (unpaired) electrons. The van der Waals surface area contributed by atoms with Gasteiger partial charge in [-0.05, 0) is 0 Å². The summed E-state index contributed by atoms with van der Waals surface area (Å²) < 4.78 is 0. The molecule has 0 aromatic carbocycles. The minimum absolute atomic E-state index is 0. The van der Waals surface area contributed by atoms with E-state index < -0.39 is 0 Å². The average Bonchev–Trinajstić information content (AvgIpc) is 1.59. The van der Waals surface area contributed by atoms with Crippen molar-refractivity contribution in [3.63, 3.8) is 0 Å². The molecule has 0 aliphatic rings. The topological polar surface area (TPSA) is 47.6 Å². The fourth-order valence-corrected chi connectivity index (χ4v) is 0. The van der Waals surface area contributed by atoms with Crippen LogP contribution in [0.15, 0.2) is 0 Å². The number of hydrogen-bond acceptors (Lipinski definition) is 0. The molecule has 106 valence electrons. The summed E-state index contributed by atoms with van der Waals surface area (Å²) in [5.41, 5.74) is 13.4. The molecule has 0 rings (SSSR count). The normalized spacial score (nSPS) is 7.69. The van der Waals surface area contributed by atoms with E-state index in [0.717, 1.165) is 0 Å². The van der Waals surface area contributed by atoms with Gasteiger partial charge in [-0.25, -0.2) is 0 Å². The Kier molecular flexibility index (Phi) is 58.6. The maximum absolute atomic E-state index is 6.94. The summed E-state index contributed by atoms with van der Waals surface area (Å²) in [5.74, 6) is 0. The zero-order valence-corrected chi connectivity index (χ0v) is 16.6. The van der Waals surface area contributed by atoms with Crippen molar-refractivity contribution in [1.29, 1.82) is 0 Å². The molecular formula is C10H30Cl2N2SiTi-4. The molecule has 0 atom stereocenters. The van der Waals surface area contributed by atoms with Crippen LogP contribution in [-0.4, -0.2) is 18.7 Å². The molecule has 0 saturated carbocycles. The Morgan fingerprint density at radius 2 is 0.688 bits per heavy atom. The van der Waals surface area contributed by atoms with Crippen molar-refractivity contribution in [3.05, 3.63) is 26.3 Å². The molecule has 0 aromatic rings. The number of nitrogens with one attached hydrogen (secondary N) is 2. The van der Waals surface area contributed by atoms with Crippen molar-refractivity contribution in [2.24, 2.45) is 0 Å². The van der Waals surface area contributed by atoms with Crippen molar-refractivity contribution in [1.82, 2.24) is 0 Å². The summed E-state index contributed by atoms with van der Waals surface area (Å²) in [4.78, 5) is 0. The predicted octanol–water partition coefficient (Wildman–Crippen LogP) is 4.50. The Morgan fingerprint density at radius 3 is 0.688 bits per heavy atom. The Hall–Kier alpha value is 1.43. The van der Waals surface area contributed by atoms with Gasteiger partial charge in [0.05, 0.1) is 0 Å². The maximum atomic E-state index is 6.94. The average molecular weight is 325 g/mol. The first kappa shape index (κ1) is 43.3. The molecular weight excluding hydrogens is 295 g/mol. The van der Waals surface area contributed by atoms with Crippen LogP contribution in [0.5, 0.6) is 0 Å². The van der Waals surface area contributed by atoms with Crippen LogP contribution in [0.3, 0.4) is 0 Å². The van der Waals surface area contributed by atoms with Crippen LogP contribution in [0.25, 0.3) is 11.5 Å². The molecule has 0 aromatic heterocycles. The molecule has 0 spiro atoms. The van der Waals surface area contributed by atoms with Gasteiger partial charge in [-0.1, -0.05) is 41.5 Å². The van der Waals surface area contributed by atoms with Gasteiger partial charge in [0.1, 0.15) is 0 Å². The molecule has 0 unspecified atom stereocenters. The van der Waals surface area contributed by atoms with Crippen LogP contribution in [-0.2, 0) is 19.2 Å². The number of halogens is 2. The molecule has 0 heterocycles. The molecule has 0 aliphatic heterocycles. The van der Waals surface area contributed by atoms with Crippen molar-refractivity contribution in [2.75, 3.05) is 0 Å². The monoisotopic (exact) mass is 324 g/mol. The molecule has 6 heteroatoms. The van der Waals surface area contributed by atoms with Gasteiger partial charge < -0.3 is 26.3 Å². The van der Waals surface area contributed by atoms with Crippen LogP contribution in [0.1, 0.15) is 41.5 Å². The van der Waals surface area contributed by atoms with Crippen LogP contribution >= 0.6 is 24.8 Å². The summed E-state index contributed by atoms with van der Waals surface area (Å²) in [6.45, 7) is 11.1. The third-order valence-corrected chi connectivity index (χ3v) is 0. The van der Waals surface area contributed by atoms with Gasteiger partial charge in [0, 0.05) is 0 Å². The molecule has 2 nitrogen and oxygen atoms in total. The summed E-state index contributed by atoms with van der Waals surface area (Å²) in [6.07, 6.45) is 0. The first-order valence-electron chi connectivity index (χ1n) is 3.85. The summed E-state index contributed by atoms with van der Waals surface area (Å²) >= 11 is 2.03. The fraction of sp³-hybridized carbons (Fsp3) is 0.800. The minimum atomic E-state index is -0.250. The van der Waals surface area contributed by atoms with E-state index in [-0.39, 0.29) is 50.7 Å². The molecule has 0 saturated heterocycles. The first-order valence-corrected chi connectivity index (χ1v) is 7.87. The molecule has 0 fully saturated rings. The second kappa shape index (κ2) is 21.7. The zero-order chi connectivity index (χ0) is 11.0. The van der Waals surface area contributed by atoms with Crippen molar-refractivity contribution in [3.8, 4) is 0 Å². The van der Waals surface area contributed by atoms with Gasteiger partial charge in [0.2, 0.25) is 0 Å². The second-order valence-corrected chi connectivity index (χ2v) is 4.50. The van der Waals surface area contributed by atoms with Gasteiger partial charge in [-0.3, -0.25) is 0 Å². The van der Waals surface area contributed by atoms with E-state index in [1.165, 1.54) is 0 Å². The van der Waals surface area contributed by atoms with Crippen LogP contribution in [0, 0.1) is 14.9 Å². The fourth-order valence-electron chi connectivity index (χ4n) is 0. The van der Waals surface area contributed by atoms with E-state index in [1.54, 1.807) is 0 Å². The summed E-state index contributed by atoms with van der Waals surface area (Å²) in [5, 5.41) is 0. The molecule has 0 aliphatic carbocycles. The van der Waals surface area contributed by atoms with E-state index in [2.05, 4.69) is 0 Å². The Morgan fingerprint density at radius 1 is 0.688 bits per heavy atom. The van der Waals surface area contributed by atoms with Crippen molar-refractivity contribution < 1.29 is 19.2 Å². The Bertz CT molecular complexity index is 80.0. The van der Waals surface area contributed by atoms with Crippen molar-refractivity contribution >= 4 is 32.4 Å². The number of rotatable bonds is 0. The van der Waals surface area contributed by atoms with Gasteiger partial charge in [0.15, 0.2) is 0 Å². The van der Waals surface area contributed by atoms with E-state index in [1.807, 2.05) is 68.3 Å². The zero-order valence-electron chi connectivity index (χ0n) is 12.0. The van der Waals surface area contributed by atoms with Crippen LogP contribution < -0.4 is 0 Å². The molecule has 16 heavy (non-hydrogen) atoms. The quantitative estimate of drug-likeness (QED) is 0.465. The van der Waals surface area contributed by atoms with E-state index in [9.17, 15) is 0 Å². The van der Waals surface area contributed by atoms with Crippen LogP contribution in [0.4, 0.5) is 0 Å². The Balaban J connectivity index is -0.0000000144. The second-order valence-electron chi connectivity index (χ2n) is 4.50. The van der Waals surface area contributed by atoms with Gasteiger partial charge in [-0.15, -0.1) is 35.9 Å². The molecule has 0 bridgehead atoms. The molecule has 0 amide bonds.